The Morgan fingerprint density at radius 2 is 2.09 bits per heavy atom. The number of terminal acetylenes is 1. The van der Waals surface area contributed by atoms with Crippen molar-refractivity contribution in [3.8, 4) is 12.3 Å². The number of aromatic nitrogens is 2. The van der Waals surface area contributed by atoms with Gasteiger partial charge in [-0.3, -0.25) is 14.3 Å². The van der Waals surface area contributed by atoms with Gasteiger partial charge in [-0.1, -0.05) is 5.92 Å². The van der Waals surface area contributed by atoms with E-state index in [1.165, 1.54) is 10.8 Å². The zero-order chi connectivity index (χ0) is 17.6. The first-order chi connectivity index (χ1) is 10.7. The molecule has 2 rings (SSSR count). The van der Waals surface area contributed by atoms with Gasteiger partial charge in [-0.25, -0.2) is 4.79 Å². The zero-order valence-corrected chi connectivity index (χ0v) is 12.6. The molecule has 0 aliphatic carbocycles. The topological polar surface area (TPSA) is 174 Å². The van der Waals surface area contributed by atoms with Crippen molar-refractivity contribution in [1.29, 1.82) is 0 Å². The molecule has 11 nitrogen and oxygen atoms in total. The second kappa shape index (κ2) is 8.30. The fraction of sp³-hybridized carbons (Fsp3) is 0.455. The Hall–Kier alpha value is -1.61. The van der Waals surface area contributed by atoms with Crippen LogP contribution in [0.25, 0.3) is 0 Å². The standard InChI is InChI=1S/C10H10N2O4.CH6O5P/c1-2-6-5-12(10(15)11-9(6)14)7-3-4-8(13)16-7;2-1-6-7(3,4)5/h1,5,7-8,13H,3-4H2,(H,11,14,15);2-5H,1H2/q;+1/t7?,8-;/m0./s1. The molecular formula is C11H16N2O9P+. The van der Waals surface area contributed by atoms with E-state index in [-0.39, 0.29) is 5.56 Å². The van der Waals surface area contributed by atoms with E-state index in [9.17, 15) is 14.7 Å². The van der Waals surface area contributed by atoms with E-state index in [4.69, 9.17) is 30.9 Å². The molecule has 1 aromatic rings. The molecule has 1 saturated heterocycles. The van der Waals surface area contributed by atoms with Crippen LogP contribution >= 0.6 is 8.17 Å². The summed E-state index contributed by atoms with van der Waals surface area (Å²) in [6.45, 7) is -0.892. The van der Waals surface area contributed by atoms with E-state index in [2.05, 4.69) is 15.4 Å². The summed E-state index contributed by atoms with van der Waals surface area (Å²) in [6, 6.07) is 0. The fourth-order valence-electron chi connectivity index (χ4n) is 1.69. The van der Waals surface area contributed by atoms with E-state index >= 15 is 0 Å². The number of aliphatic hydroxyl groups is 2. The third kappa shape index (κ3) is 6.19. The number of nitrogens with zero attached hydrogens (tertiary/aromatic N) is 1. The zero-order valence-electron chi connectivity index (χ0n) is 11.7. The summed E-state index contributed by atoms with van der Waals surface area (Å²) in [6.07, 6.45) is 5.88. The molecule has 1 aromatic heterocycles. The Bertz CT molecular complexity index is 672. The molecule has 0 saturated carbocycles. The van der Waals surface area contributed by atoms with Crippen LogP contribution in [0.15, 0.2) is 15.8 Å². The van der Waals surface area contributed by atoms with E-state index < -0.39 is 38.7 Å². The molecule has 1 aliphatic rings. The van der Waals surface area contributed by atoms with Crippen LogP contribution in [0.3, 0.4) is 0 Å². The lowest BCUT2D eigenvalue weighted by atomic mass is 10.3. The molecule has 1 aliphatic heterocycles. The highest BCUT2D eigenvalue weighted by molar-refractivity contribution is 7.53. The monoisotopic (exact) mass is 351 g/mol. The number of nitrogens with one attached hydrogen (secondary N) is 1. The molecule has 2 atom stereocenters. The predicted molar refractivity (Wildman–Crippen MR) is 76.4 cm³/mol. The summed E-state index contributed by atoms with van der Waals surface area (Å²) >= 11 is 0. The largest absolute Gasteiger partial charge is 0.569 e. The smallest absolute Gasteiger partial charge is 0.368 e. The van der Waals surface area contributed by atoms with Gasteiger partial charge in [0.2, 0.25) is 0 Å². The van der Waals surface area contributed by atoms with Crippen LogP contribution in [0.2, 0.25) is 0 Å². The minimum absolute atomic E-state index is 0.0598. The van der Waals surface area contributed by atoms with Gasteiger partial charge in [0.1, 0.15) is 11.8 Å². The SMILES string of the molecule is C#Cc1cn(C2CC[C@@H](O)O2)c(=O)[nH]c1=O.OCO[P+](O)(O)O. The van der Waals surface area contributed by atoms with Crippen LogP contribution in [0.4, 0.5) is 0 Å². The minimum Gasteiger partial charge on any atom is -0.368 e. The Kier molecular flexibility index (Phi) is 7.01. The molecule has 0 aromatic carbocycles. The maximum Gasteiger partial charge on any atom is 0.569 e. The van der Waals surface area contributed by atoms with Crippen molar-refractivity contribution in [2.45, 2.75) is 25.4 Å². The Morgan fingerprint density at radius 3 is 2.48 bits per heavy atom. The number of ether oxygens (including phenoxy) is 1. The summed E-state index contributed by atoms with van der Waals surface area (Å²) in [4.78, 5) is 48.4. The summed E-state index contributed by atoms with van der Waals surface area (Å²) in [5.74, 6) is 2.18. The lowest BCUT2D eigenvalue weighted by molar-refractivity contribution is -0.113. The number of aliphatic hydroxyl groups excluding tert-OH is 2. The normalized spacial score (nSPS) is 20.5. The van der Waals surface area contributed by atoms with Crippen molar-refractivity contribution >= 4 is 8.17 Å². The van der Waals surface area contributed by atoms with Crippen molar-refractivity contribution in [2.75, 3.05) is 6.79 Å². The molecule has 1 fully saturated rings. The van der Waals surface area contributed by atoms with Gasteiger partial charge in [0.25, 0.3) is 5.56 Å². The van der Waals surface area contributed by atoms with Crippen molar-refractivity contribution in [2.24, 2.45) is 0 Å². The number of aromatic amines is 1. The molecule has 6 N–H and O–H groups in total. The molecule has 0 amide bonds. The molecule has 2 heterocycles. The van der Waals surface area contributed by atoms with Crippen LogP contribution in [0.1, 0.15) is 24.6 Å². The van der Waals surface area contributed by atoms with Crippen molar-refractivity contribution in [1.82, 2.24) is 9.55 Å². The van der Waals surface area contributed by atoms with E-state index in [0.29, 0.717) is 12.8 Å². The number of hydrogen-bond acceptors (Lipinski definition) is 9. The van der Waals surface area contributed by atoms with Crippen molar-refractivity contribution < 1.29 is 34.2 Å². The predicted octanol–water partition coefficient (Wildman–Crippen LogP) is -2.25. The molecular weight excluding hydrogens is 335 g/mol. The summed E-state index contributed by atoms with van der Waals surface area (Å²) in [7, 11) is -4.17. The second-order valence-electron chi connectivity index (χ2n) is 4.25. The van der Waals surface area contributed by atoms with Crippen LogP contribution in [-0.4, -0.2) is 47.5 Å². The van der Waals surface area contributed by atoms with Gasteiger partial charge in [0, 0.05) is 12.6 Å². The Labute approximate surface area is 130 Å². The molecule has 0 spiro atoms. The lowest BCUT2D eigenvalue weighted by Gasteiger charge is -2.13. The van der Waals surface area contributed by atoms with Gasteiger partial charge in [-0.05, 0) is 6.42 Å². The number of rotatable bonds is 3. The molecule has 1 unspecified atom stereocenters. The maximum absolute atomic E-state index is 11.5. The maximum atomic E-state index is 11.5. The van der Waals surface area contributed by atoms with Gasteiger partial charge < -0.3 is 14.9 Å². The second-order valence-corrected chi connectivity index (χ2v) is 5.53. The van der Waals surface area contributed by atoms with Gasteiger partial charge >= 0.3 is 13.9 Å². The van der Waals surface area contributed by atoms with E-state index in [1.54, 1.807) is 0 Å². The van der Waals surface area contributed by atoms with Gasteiger partial charge in [0.05, 0.1) is 0 Å². The molecule has 23 heavy (non-hydrogen) atoms. The quantitative estimate of drug-likeness (QED) is 0.200. The highest BCUT2D eigenvalue weighted by atomic mass is 31.2. The third-order valence-corrected chi connectivity index (χ3v) is 3.10. The van der Waals surface area contributed by atoms with Gasteiger partial charge in [0.15, 0.2) is 13.1 Å². The van der Waals surface area contributed by atoms with Gasteiger partial charge in [-0.2, -0.15) is 14.7 Å². The molecule has 0 bridgehead atoms. The highest BCUT2D eigenvalue weighted by Gasteiger charge is 2.32. The van der Waals surface area contributed by atoms with Crippen LogP contribution in [0, 0.1) is 12.3 Å². The van der Waals surface area contributed by atoms with E-state index in [0.717, 1.165) is 0 Å². The minimum atomic E-state index is -4.17. The van der Waals surface area contributed by atoms with Crippen LogP contribution < -0.4 is 11.2 Å². The first-order valence-corrected chi connectivity index (χ1v) is 7.72. The summed E-state index contributed by atoms with van der Waals surface area (Å²) < 4.78 is 9.85. The number of hydrogen-bond donors (Lipinski definition) is 6. The first-order valence-electron chi connectivity index (χ1n) is 6.16. The van der Waals surface area contributed by atoms with E-state index in [1.807, 2.05) is 0 Å². The Morgan fingerprint density at radius 1 is 1.43 bits per heavy atom. The summed E-state index contributed by atoms with van der Waals surface area (Å²) in [5.41, 5.74) is -1.13. The number of H-pyrrole nitrogens is 1. The Balaban J connectivity index is 0.000000322. The average molecular weight is 351 g/mol. The highest BCUT2D eigenvalue weighted by Crippen LogP contribution is 2.44. The van der Waals surface area contributed by atoms with Crippen LogP contribution in [-0.2, 0) is 9.26 Å². The third-order valence-electron chi connectivity index (χ3n) is 2.64. The summed E-state index contributed by atoms with van der Waals surface area (Å²) in [5, 5.41) is 16.9. The van der Waals surface area contributed by atoms with Gasteiger partial charge in [-0.15, -0.1) is 10.9 Å². The van der Waals surface area contributed by atoms with Crippen molar-refractivity contribution in [3.05, 3.63) is 32.6 Å². The molecule has 0 radical (unpaired) electrons. The fourth-order valence-corrected chi connectivity index (χ4v) is 1.84. The molecule has 128 valence electrons. The van der Waals surface area contributed by atoms with Crippen molar-refractivity contribution in [3.63, 3.8) is 0 Å². The average Bonchev–Trinajstić information content (AvgIpc) is 2.85. The lowest BCUT2D eigenvalue weighted by Crippen LogP contribution is -2.33. The molecule has 12 heteroatoms. The first kappa shape index (κ1) is 19.4. The van der Waals surface area contributed by atoms with Crippen LogP contribution in [0.5, 0.6) is 0 Å².